The highest BCUT2D eigenvalue weighted by Gasteiger charge is 2.36. The molecule has 11 heteroatoms. The number of halogens is 3. The van der Waals surface area contributed by atoms with Crippen LogP contribution in [0.1, 0.15) is 23.0 Å². The molecule has 0 saturated carbocycles. The van der Waals surface area contributed by atoms with Crippen LogP contribution in [0.4, 0.5) is 24.7 Å². The van der Waals surface area contributed by atoms with E-state index in [4.69, 9.17) is 9.26 Å². The van der Waals surface area contributed by atoms with Crippen LogP contribution in [0.3, 0.4) is 0 Å². The van der Waals surface area contributed by atoms with Gasteiger partial charge < -0.3 is 19.9 Å². The Morgan fingerprint density at radius 3 is 2.55 bits per heavy atom. The van der Waals surface area contributed by atoms with Gasteiger partial charge in [0.05, 0.1) is 11.3 Å². The molecule has 0 aliphatic heterocycles. The van der Waals surface area contributed by atoms with E-state index >= 15 is 0 Å². The molecule has 0 aliphatic carbocycles. The lowest BCUT2D eigenvalue weighted by molar-refractivity contribution is -0.165. The zero-order valence-electron chi connectivity index (χ0n) is 15.2. The molecule has 1 unspecified atom stereocenters. The van der Waals surface area contributed by atoms with E-state index < -0.39 is 29.9 Å². The lowest BCUT2D eigenvalue weighted by Crippen LogP contribution is -2.30. The van der Waals surface area contributed by atoms with Crippen molar-refractivity contribution in [3.05, 3.63) is 53.9 Å². The van der Waals surface area contributed by atoms with Gasteiger partial charge in [0.15, 0.2) is 11.9 Å². The largest absolute Gasteiger partial charge is 0.454 e. The summed E-state index contributed by atoms with van der Waals surface area (Å²) in [6.07, 6.45) is -5.15. The molecule has 1 aromatic heterocycles. The number of allylic oxidation sites excluding steroid dienone is 1. The second kappa shape index (κ2) is 9.04. The van der Waals surface area contributed by atoms with Gasteiger partial charge in [0, 0.05) is 18.3 Å². The van der Waals surface area contributed by atoms with Crippen molar-refractivity contribution >= 4 is 29.2 Å². The van der Waals surface area contributed by atoms with Crippen LogP contribution < -0.4 is 10.6 Å². The van der Waals surface area contributed by atoms with E-state index in [2.05, 4.69) is 15.8 Å². The minimum atomic E-state index is -5.00. The number of aromatic nitrogens is 1. The monoisotopic (exact) mass is 411 g/mol. The number of carbonyl (C=O) groups is 3. The molecule has 29 heavy (non-hydrogen) atoms. The van der Waals surface area contributed by atoms with Gasteiger partial charge in [0.1, 0.15) is 5.76 Å². The molecule has 0 fully saturated rings. The van der Waals surface area contributed by atoms with Crippen molar-refractivity contribution in [3.63, 3.8) is 0 Å². The number of para-hydroxylation sites is 1. The highest BCUT2D eigenvalue weighted by molar-refractivity contribution is 6.00. The van der Waals surface area contributed by atoms with Crippen molar-refractivity contribution in [3.8, 4) is 0 Å². The summed E-state index contributed by atoms with van der Waals surface area (Å²) in [5, 5.41) is 8.40. The molecule has 1 aromatic carbocycles. The maximum absolute atomic E-state index is 12.3. The summed E-state index contributed by atoms with van der Waals surface area (Å²) in [5.74, 6) is -2.99. The van der Waals surface area contributed by atoms with Gasteiger partial charge in [-0.2, -0.15) is 13.2 Å². The van der Waals surface area contributed by atoms with Gasteiger partial charge in [0.25, 0.3) is 11.7 Å². The second-order valence-corrected chi connectivity index (χ2v) is 5.74. The van der Waals surface area contributed by atoms with Gasteiger partial charge in [-0.05, 0) is 26.0 Å². The summed E-state index contributed by atoms with van der Waals surface area (Å²) in [7, 11) is 0. The first kappa shape index (κ1) is 21.7. The third-order valence-electron chi connectivity index (χ3n) is 3.43. The van der Waals surface area contributed by atoms with Gasteiger partial charge in [-0.1, -0.05) is 17.3 Å². The first-order valence-corrected chi connectivity index (χ1v) is 8.16. The van der Waals surface area contributed by atoms with E-state index in [1.165, 1.54) is 37.3 Å². The molecule has 8 nitrogen and oxygen atoms in total. The molecule has 2 rings (SSSR count). The fourth-order valence-electron chi connectivity index (χ4n) is 2.02. The van der Waals surface area contributed by atoms with Crippen LogP contribution >= 0.6 is 0 Å². The zero-order valence-corrected chi connectivity index (χ0v) is 15.2. The maximum atomic E-state index is 12.3. The number of hydrogen-bond donors (Lipinski definition) is 2. The van der Waals surface area contributed by atoms with Gasteiger partial charge >= 0.3 is 12.1 Å². The van der Waals surface area contributed by atoms with Gasteiger partial charge in [-0.3, -0.25) is 9.59 Å². The Labute approximate surface area is 162 Å². The number of carbonyl (C=O) groups excluding carboxylic acids is 3. The molecule has 0 spiro atoms. The van der Waals surface area contributed by atoms with E-state index in [0.717, 1.165) is 6.20 Å². The quantitative estimate of drug-likeness (QED) is 0.532. The number of esters is 1. The second-order valence-electron chi connectivity index (χ2n) is 5.74. The maximum Gasteiger partial charge on any atom is 0.454 e. The Bertz CT molecular complexity index is 937. The summed E-state index contributed by atoms with van der Waals surface area (Å²) >= 11 is 0. The van der Waals surface area contributed by atoms with E-state index in [1.807, 2.05) is 0 Å². The predicted molar refractivity (Wildman–Crippen MR) is 95.0 cm³/mol. The van der Waals surface area contributed by atoms with E-state index in [1.54, 1.807) is 6.92 Å². The minimum absolute atomic E-state index is 0.0476. The molecule has 0 radical (unpaired) electrons. The van der Waals surface area contributed by atoms with Crippen molar-refractivity contribution < 1.29 is 36.8 Å². The Morgan fingerprint density at radius 1 is 1.24 bits per heavy atom. The number of amides is 1. The molecule has 2 aromatic rings. The molecule has 2 N–H and O–H groups in total. The molecule has 154 valence electrons. The van der Waals surface area contributed by atoms with Gasteiger partial charge in [-0.25, -0.2) is 4.79 Å². The van der Waals surface area contributed by atoms with E-state index in [9.17, 15) is 27.6 Å². The van der Waals surface area contributed by atoms with Crippen molar-refractivity contribution in [2.75, 3.05) is 10.6 Å². The fourth-order valence-corrected chi connectivity index (χ4v) is 2.02. The number of alkyl halides is 3. The van der Waals surface area contributed by atoms with Crippen molar-refractivity contribution in [1.82, 2.24) is 5.16 Å². The summed E-state index contributed by atoms with van der Waals surface area (Å²) in [4.78, 5) is 35.3. The van der Waals surface area contributed by atoms with Crippen LogP contribution in [-0.2, 0) is 14.3 Å². The molecule has 0 aliphatic rings. The number of ketones is 1. The van der Waals surface area contributed by atoms with E-state index in [-0.39, 0.29) is 23.1 Å². The van der Waals surface area contributed by atoms with Gasteiger partial charge in [0.2, 0.25) is 0 Å². The Kier molecular flexibility index (Phi) is 6.75. The van der Waals surface area contributed by atoms with Crippen LogP contribution in [0.2, 0.25) is 0 Å². The molecular formula is C18H16F3N3O5. The fraction of sp³-hybridized carbons (Fsp3) is 0.222. The van der Waals surface area contributed by atoms with Crippen molar-refractivity contribution in [2.45, 2.75) is 26.1 Å². The highest BCUT2D eigenvalue weighted by atomic mass is 19.4. The smallest absolute Gasteiger partial charge is 0.449 e. The summed E-state index contributed by atoms with van der Waals surface area (Å²) in [6, 6.07) is 7.22. The number of hydrogen-bond acceptors (Lipinski definition) is 7. The third kappa shape index (κ3) is 6.19. The molecule has 0 saturated heterocycles. The van der Waals surface area contributed by atoms with E-state index in [0.29, 0.717) is 5.76 Å². The molecular weight excluding hydrogens is 395 g/mol. The van der Waals surface area contributed by atoms with Crippen LogP contribution in [0, 0.1) is 6.92 Å². The third-order valence-corrected chi connectivity index (χ3v) is 3.43. The molecule has 1 atom stereocenters. The van der Waals surface area contributed by atoms with Crippen LogP contribution in [0.25, 0.3) is 0 Å². The number of rotatable bonds is 7. The zero-order chi connectivity index (χ0) is 21.6. The topological polar surface area (TPSA) is 111 Å². The molecule has 1 heterocycles. The summed E-state index contributed by atoms with van der Waals surface area (Å²) < 4.78 is 46.5. The van der Waals surface area contributed by atoms with Crippen LogP contribution in [0.15, 0.2) is 47.1 Å². The van der Waals surface area contributed by atoms with Crippen LogP contribution in [-0.4, -0.2) is 35.1 Å². The minimum Gasteiger partial charge on any atom is -0.449 e. The Hall–Kier alpha value is -3.63. The molecule has 1 amide bonds. The predicted octanol–water partition coefficient (Wildman–Crippen LogP) is 3.22. The van der Waals surface area contributed by atoms with Crippen molar-refractivity contribution in [2.24, 2.45) is 0 Å². The Morgan fingerprint density at radius 2 is 1.93 bits per heavy atom. The Balaban J connectivity index is 2.02. The highest BCUT2D eigenvalue weighted by Crippen LogP contribution is 2.19. The lowest BCUT2D eigenvalue weighted by Gasteiger charge is -2.14. The molecule has 0 bridgehead atoms. The number of ether oxygens (including phenoxy) is 1. The van der Waals surface area contributed by atoms with Crippen LogP contribution in [0.5, 0.6) is 0 Å². The first-order valence-electron chi connectivity index (χ1n) is 8.16. The van der Waals surface area contributed by atoms with Crippen molar-refractivity contribution in [1.29, 1.82) is 0 Å². The summed E-state index contributed by atoms with van der Waals surface area (Å²) in [6.45, 7) is 2.96. The normalized spacial score (nSPS) is 12.4. The number of benzene rings is 1. The average Bonchev–Trinajstić information content (AvgIpc) is 3.05. The number of aryl methyl sites for hydroxylation is 1. The van der Waals surface area contributed by atoms with Gasteiger partial charge in [-0.15, -0.1) is 0 Å². The first-order chi connectivity index (χ1) is 13.6. The number of nitrogens with zero attached hydrogens (tertiary/aromatic N) is 1. The number of anilines is 2. The summed E-state index contributed by atoms with van der Waals surface area (Å²) in [5.41, 5.74) is 0.0389. The average molecular weight is 411 g/mol. The standard InChI is InChI=1S/C18H16F3N3O5/c1-10-9-15(24-29-10)23-16(26)11(2)28-17(27)12-5-3-4-6-13(12)22-8-7-14(25)18(19,20)21/h3-9,11,22H,1-2H3,(H,23,24,26)/b8-7+. The SMILES string of the molecule is Cc1cc(NC(=O)C(C)OC(=O)c2ccccc2N/C=C/C(=O)C(F)(F)F)no1. The lowest BCUT2D eigenvalue weighted by atomic mass is 10.2. The number of nitrogens with one attached hydrogen (secondary N) is 2.